The van der Waals surface area contributed by atoms with Gasteiger partial charge in [-0.25, -0.2) is 4.98 Å². The Kier molecular flexibility index (Phi) is 3.95. The molecule has 1 aromatic heterocycles. The minimum atomic E-state index is -0.218. The van der Waals surface area contributed by atoms with E-state index >= 15 is 0 Å². The van der Waals surface area contributed by atoms with Crippen LogP contribution >= 0.6 is 11.8 Å². The Bertz CT molecular complexity index is 495. The van der Waals surface area contributed by atoms with Gasteiger partial charge < -0.3 is 9.88 Å². The minimum Gasteiger partial charge on any atom is -0.364 e. The van der Waals surface area contributed by atoms with Crippen LogP contribution in [-0.4, -0.2) is 27.1 Å². The monoisotopic (exact) mass is 281 g/mol. The first-order chi connectivity index (χ1) is 8.88. The number of hydrogen-bond donors (Lipinski definition) is 1. The smallest absolute Gasteiger partial charge is 0.293 e. The predicted molar refractivity (Wildman–Crippen MR) is 82.1 cm³/mol. The summed E-state index contributed by atoms with van der Waals surface area (Å²) in [5.41, 5.74) is -0.255. The fourth-order valence-electron chi connectivity index (χ4n) is 2.33. The van der Waals surface area contributed by atoms with Gasteiger partial charge in [0.2, 0.25) is 0 Å². The van der Waals surface area contributed by atoms with Gasteiger partial charge in [-0.3, -0.25) is 4.79 Å². The molecule has 0 bridgehead atoms. The second kappa shape index (κ2) is 5.19. The van der Waals surface area contributed by atoms with Gasteiger partial charge in [0.1, 0.15) is 0 Å². The summed E-state index contributed by atoms with van der Waals surface area (Å²) in [5, 5.41) is 3.25. The standard InChI is InChI=1S/C14H23N3OS/c1-13(2,3)17-9-8-15-11(12(17)18)16-10-14(19-4)6-5-7-14/h8-9H,5-7,10H2,1-4H3,(H,15,16). The predicted octanol–water partition coefficient (Wildman–Crippen LogP) is 2.70. The van der Waals surface area contributed by atoms with Crippen LogP contribution in [0, 0.1) is 0 Å². The van der Waals surface area contributed by atoms with Gasteiger partial charge in [0.15, 0.2) is 5.82 Å². The average Bonchev–Trinajstić information content (AvgIpc) is 2.28. The quantitative estimate of drug-likeness (QED) is 0.922. The van der Waals surface area contributed by atoms with E-state index in [-0.39, 0.29) is 11.1 Å². The van der Waals surface area contributed by atoms with Gasteiger partial charge in [0.25, 0.3) is 5.56 Å². The van der Waals surface area contributed by atoms with Gasteiger partial charge in [-0.1, -0.05) is 6.42 Å². The van der Waals surface area contributed by atoms with Crippen LogP contribution in [0.2, 0.25) is 0 Å². The molecule has 1 aliphatic carbocycles. The number of thioether (sulfide) groups is 1. The van der Waals surface area contributed by atoms with Crippen molar-refractivity contribution in [1.29, 1.82) is 0 Å². The molecule has 0 spiro atoms. The van der Waals surface area contributed by atoms with Crippen molar-refractivity contribution in [2.75, 3.05) is 18.1 Å². The van der Waals surface area contributed by atoms with Crippen molar-refractivity contribution in [1.82, 2.24) is 9.55 Å². The van der Waals surface area contributed by atoms with Crippen molar-refractivity contribution in [3.63, 3.8) is 0 Å². The summed E-state index contributed by atoms with van der Waals surface area (Å²) in [4.78, 5) is 16.6. The van der Waals surface area contributed by atoms with Gasteiger partial charge >= 0.3 is 0 Å². The van der Waals surface area contributed by atoms with Crippen LogP contribution in [0.15, 0.2) is 17.2 Å². The Morgan fingerprint density at radius 3 is 2.63 bits per heavy atom. The van der Waals surface area contributed by atoms with Crippen LogP contribution in [0.25, 0.3) is 0 Å². The van der Waals surface area contributed by atoms with E-state index in [1.165, 1.54) is 19.3 Å². The van der Waals surface area contributed by atoms with E-state index in [0.29, 0.717) is 10.6 Å². The van der Waals surface area contributed by atoms with E-state index in [0.717, 1.165) is 6.54 Å². The summed E-state index contributed by atoms with van der Waals surface area (Å²) in [7, 11) is 0. The Labute approximate surface area is 119 Å². The summed E-state index contributed by atoms with van der Waals surface area (Å²) in [6.07, 6.45) is 9.33. The van der Waals surface area contributed by atoms with Crippen LogP contribution < -0.4 is 10.9 Å². The van der Waals surface area contributed by atoms with Gasteiger partial charge in [-0.05, 0) is 39.9 Å². The van der Waals surface area contributed by atoms with Gasteiger partial charge in [-0.15, -0.1) is 0 Å². The maximum atomic E-state index is 12.4. The van der Waals surface area contributed by atoms with Crippen molar-refractivity contribution < 1.29 is 0 Å². The molecule has 1 heterocycles. The van der Waals surface area contributed by atoms with E-state index in [1.807, 2.05) is 32.5 Å². The highest BCUT2D eigenvalue weighted by Crippen LogP contribution is 2.42. The van der Waals surface area contributed by atoms with Crippen LogP contribution in [0.3, 0.4) is 0 Å². The molecule has 0 amide bonds. The summed E-state index contributed by atoms with van der Waals surface area (Å²) in [6.45, 7) is 6.89. The van der Waals surface area contributed by atoms with E-state index in [2.05, 4.69) is 16.6 Å². The third-order valence-corrected chi connectivity index (χ3v) is 5.26. The van der Waals surface area contributed by atoms with Gasteiger partial charge in [0, 0.05) is 29.2 Å². The molecule has 1 saturated carbocycles. The molecule has 4 nitrogen and oxygen atoms in total. The van der Waals surface area contributed by atoms with Gasteiger partial charge in [-0.2, -0.15) is 11.8 Å². The molecule has 0 aromatic carbocycles. The van der Waals surface area contributed by atoms with Crippen molar-refractivity contribution >= 4 is 17.6 Å². The number of nitrogens with one attached hydrogen (secondary N) is 1. The lowest BCUT2D eigenvalue weighted by atomic mass is 9.84. The Hall–Kier alpha value is -0.970. The first-order valence-electron chi connectivity index (χ1n) is 6.75. The molecule has 0 atom stereocenters. The van der Waals surface area contributed by atoms with E-state index in [1.54, 1.807) is 17.0 Å². The molecule has 1 aromatic rings. The summed E-state index contributed by atoms with van der Waals surface area (Å²) >= 11 is 1.89. The molecule has 1 fully saturated rings. The van der Waals surface area contributed by atoms with Gasteiger partial charge in [0.05, 0.1) is 0 Å². The number of rotatable bonds is 4. The van der Waals surface area contributed by atoms with Crippen molar-refractivity contribution in [3.8, 4) is 0 Å². The SMILES string of the molecule is CSC1(CNc2nccn(C(C)(C)C)c2=O)CCC1. The maximum Gasteiger partial charge on any atom is 0.293 e. The molecule has 106 valence electrons. The Balaban J connectivity index is 2.16. The number of anilines is 1. The highest BCUT2D eigenvalue weighted by Gasteiger charge is 2.36. The van der Waals surface area contributed by atoms with Crippen molar-refractivity contribution in [2.24, 2.45) is 0 Å². The number of hydrogen-bond acceptors (Lipinski definition) is 4. The normalized spacial score (nSPS) is 17.9. The third-order valence-electron chi connectivity index (χ3n) is 3.84. The lowest BCUT2D eigenvalue weighted by Gasteiger charge is -2.40. The van der Waals surface area contributed by atoms with Crippen LogP contribution in [0.5, 0.6) is 0 Å². The molecular formula is C14H23N3OS. The lowest BCUT2D eigenvalue weighted by molar-refractivity contribution is 0.375. The zero-order valence-corrected chi connectivity index (χ0v) is 13.0. The van der Waals surface area contributed by atoms with E-state index in [4.69, 9.17) is 0 Å². The zero-order valence-electron chi connectivity index (χ0n) is 12.2. The lowest BCUT2D eigenvalue weighted by Crippen LogP contribution is -2.42. The second-order valence-corrected chi connectivity index (χ2v) is 7.49. The van der Waals surface area contributed by atoms with Crippen molar-refractivity contribution in [3.05, 3.63) is 22.7 Å². The third kappa shape index (κ3) is 2.96. The first kappa shape index (κ1) is 14.4. The molecule has 1 N–H and O–H groups in total. The fourth-order valence-corrected chi connectivity index (χ4v) is 3.24. The zero-order chi connectivity index (χ0) is 14.1. The average molecular weight is 281 g/mol. The van der Waals surface area contributed by atoms with E-state index < -0.39 is 0 Å². The number of aromatic nitrogens is 2. The molecule has 5 heteroatoms. The van der Waals surface area contributed by atoms with E-state index in [9.17, 15) is 4.79 Å². The molecule has 1 aliphatic rings. The fraction of sp³-hybridized carbons (Fsp3) is 0.714. The maximum absolute atomic E-state index is 12.4. The molecule has 0 unspecified atom stereocenters. The minimum absolute atomic E-state index is 0.0365. The van der Waals surface area contributed by atoms with Crippen LogP contribution in [-0.2, 0) is 5.54 Å². The highest BCUT2D eigenvalue weighted by atomic mass is 32.2. The Morgan fingerprint density at radius 1 is 1.47 bits per heavy atom. The topological polar surface area (TPSA) is 46.9 Å². The summed E-state index contributed by atoms with van der Waals surface area (Å²) < 4.78 is 2.03. The van der Waals surface area contributed by atoms with Crippen molar-refractivity contribution in [2.45, 2.75) is 50.3 Å². The van der Waals surface area contributed by atoms with Crippen LogP contribution in [0.4, 0.5) is 5.82 Å². The molecule has 19 heavy (non-hydrogen) atoms. The Morgan fingerprint density at radius 2 is 2.16 bits per heavy atom. The molecule has 2 rings (SSSR count). The molecular weight excluding hydrogens is 258 g/mol. The summed E-state index contributed by atoms with van der Waals surface area (Å²) in [6, 6.07) is 0. The molecule has 0 saturated heterocycles. The first-order valence-corrected chi connectivity index (χ1v) is 7.98. The summed E-state index contributed by atoms with van der Waals surface area (Å²) in [5.74, 6) is 0.470. The molecule has 0 aliphatic heterocycles. The highest BCUT2D eigenvalue weighted by molar-refractivity contribution is 8.00. The second-order valence-electron chi connectivity index (χ2n) is 6.22. The van der Waals surface area contributed by atoms with Crippen LogP contribution in [0.1, 0.15) is 40.0 Å². The largest absolute Gasteiger partial charge is 0.364 e. The number of nitrogens with zero attached hydrogens (tertiary/aromatic N) is 2. The molecule has 0 radical (unpaired) electrons.